The normalized spacial score (nSPS) is 13.0. The summed E-state index contributed by atoms with van der Waals surface area (Å²) in [7, 11) is 0. The number of nitrogens with one attached hydrogen (secondary N) is 1. The molecule has 1 amide bonds. The van der Waals surface area contributed by atoms with Gasteiger partial charge in [-0.25, -0.2) is 4.79 Å². The first kappa shape index (κ1) is 21.6. The molecule has 0 spiro atoms. The predicted molar refractivity (Wildman–Crippen MR) is 119 cm³/mol. The summed E-state index contributed by atoms with van der Waals surface area (Å²) in [6.07, 6.45) is 2.87. The molecule has 1 aromatic heterocycles. The summed E-state index contributed by atoms with van der Waals surface area (Å²) in [6, 6.07) is 7.73. The highest BCUT2D eigenvalue weighted by atomic mass is 32.2. The third-order valence-corrected chi connectivity index (χ3v) is 6.39. The average Bonchev–Trinajstić information content (AvgIpc) is 3.18. The van der Waals surface area contributed by atoms with E-state index in [0.29, 0.717) is 6.54 Å². The van der Waals surface area contributed by atoms with Crippen LogP contribution in [0.4, 0.5) is 5.69 Å². The van der Waals surface area contributed by atoms with E-state index in [1.807, 2.05) is 35.8 Å². The molecule has 1 heterocycles. The Hall–Kier alpha value is -2.12. The summed E-state index contributed by atoms with van der Waals surface area (Å²) in [5.74, 6) is 0.163. The van der Waals surface area contributed by atoms with E-state index < -0.39 is 0 Å². The minimum absolute atomic E-state index is 0.0835. The van der Waals surface area contributed by atoms with Gasteiger partial charge in [-0.2, -0.15) is 4.98 Å². The first-order chi connectivity index (χ1) is 14.0. The lowest BCUT2D eigenvalue weighted by Crippen LogP contribution is -2.34. The highest BCUT2D eigenvalue weighted by molar-refractivity contribution is 8.00. The number of carbonyl (C=O) groups is 1. The molecule has 29 heavy (non-hydrogen) atoms. The number of rotatable bonds is 9. The van der Waals surface area contributed by atoms with Gasteiger partial charge in [0.15, 0.2) is 0 Å². The van der Waals surface area contributed by atoms with Crippen LogP contribution in [0, 0.1) is 6.92 Å². The Morgan fingerprint density at radius 2 is 2.07 bits per heavy atom. The van der Waals surface area contributed by atoms with Crippen molar-refractivity contribution in [1.29, 1.82) is 0 Å². The quantitative estimate of drug-likeness (QED) is 0.504. The molecule has 3 rings (SSSR count). The standard InChI is InChI=1S/C22H30N4O2S/c1-4-25(5-2)12-13-26-19-11-7-10-18(19)21(24-22(26)28)29-15-20(27)23-17-9-6-8-16(3)14-17/h6,8-9,14H,4-5,7,10-13,15H2,1-3H3,(H,23,27). The Balaban J connectivity index is 1.69. The molecule has 0 radical (unpaired) electrons. The van der Waals surface area contributed by atoms with E-state index in [-0.39, 0.29) is 17.3 Å². The minimum Gasteiger partial charge on any atom is -0.325 e. The van der Waals surface area contributed by atoms with E-state index >= 15 is 0 Å². The van der Waals surface area contributed by atoms with Crippen molar-refractivity contribution in [3.63, 3.8) is 0 Å². The van der Waals surface area contributed by atoms with Gasteiger partial charge in [0.05, 0.1) is 5.75 Å². The fourth-order valence-corrected chi connectivity index (χ4v) is 4.65. The second-order valence-electron chi connectivity index (χ2n) is 7.36. The number of carbonyl (C=O) groups excluding carboxylic acids is 1. The number of aromatic nitrogens is 2. The molecule has 2 aromatic rings. The van der Waals surface area contributed by atoms with E-state index in [0.717, 1.165) is 66.4 Å². The van der Waals surface area contributed by atoms with Gasteiger partial charge in [-0.1, -0.05) is 37.7 Å². The zero-order valence-corrected chi connectivity index (χ0v) is 18.3. The van der Waals surface area contributed by atoms with E-state index in [2.05, 4.69) is 29.0 Å². The minimum atomic E-state index is -0.195. The molecule has 1 N–H and O–H groups in total. The number of aryl methyl sites for hydroxylation is 1. The largest absolute Gasteiger partial charge is 0.348 e. The van der Waals surface area contributed by atoms with Crippen molar-refractivity contribution < 1.29 is 4.79 Å². The van der Waals surface area contributed by atoms with Crippen LogP contribution in [-0.2, 0) is 24.2 Å². The Morgan fingerprint density at radius 3 is 2.79 bits per heavy atom. The number of hydrogen-bond donors (Lipinski definition) is 1. The number of thioether (sulfide) groups is 1. The predicted octanol–water partition coefficient (Wildman–Crippen LogP) is 3.11. The fourth-order valence-electron chi connectivity index (χ4n) is 3.77. The number of nitrogens with zero attached hydrogens (tertiary/aromatic N) is 3. The lowest BCUT2D eigenvalue weighted by Gasteiger charge is -2.20. The second kappa shape index (κ2) is 10.1. The van der Waals surface area contributed by atoms with Gasteiger partial charge in [-0.3, -0.25) is 9.36 Å². The van der Waals surface area contributed by atoms with Crippen molar-refractivity contribution in [2.75, 3.05) is 30.7 Å². The van der Waals surface area contributed by atoms with Gasteiger partial charge in [0, 0.05) is 30.0 Å². The van der Waals surface area contributed by atoms with Crippen LogP contribution < -0.4 is 11.0 Å². The maximum absolute atomic E-state index is 12.7. The van der Waals surface area contributed by atoms with Crippen molar-refractivity contribution in [1.82, 2.24) is 14.5 Å². The van der Waals surface area contributed by atoms with Crippen LogP contribution in [0.5, 0.6) is 0 Å². The molecule has 0 aliphatic heterocycles. The first-order valence-electron chi connectivity index (χ1n) is 10.4. The summed E-state index contributed by atoms with van der Waals surface area (Å²) in [6.45, 7) is 9.75. The molecule has 0 unspecified atom stereocenters. The van der Waals surface area contributed by atoms with Gasteiger partial charge in [0.2, 0.25) is 5.91 Å². The number of likely N-dealkylation sites (N-methyl/N-ethyl adjacent to an activating group) is 1. The number of fused-ring (bicyclic) bond motifs is 1. The maximum atomic E-state index is 12.7. The molecule has 7 heteroatoms. The topological polar surface area (TPSA) is 67.2 Å². The molecular formula is C22H30N4O2S. The molecular weight excluding hydrogens is 384 g/mol. The van der Waals surface area contributed by atoms with Gasteiger partial charge in [-0.05, 0) is 57.0 Å². The Morgan fingerprint density at radius 1 is 1.28 bits per heavy atom. The zero-order valence-electron chi connectivity index (χ0n) is 17.5. The Labute approximate surface area is 176 Å². The van der Waals surface area contributed by atoms with E-state index in [1.54, 1.807) is 0 Å². The van der Waals surface area contributed by atoms with Crippen LogP contribution in [0.25, 0.3) is 0 Å². The molecule has 156 valence electrons. The van der Waals surface area contributed by atoms with Crippen LogP contribution in [0.3, 0.4) is 0 Å². The molecule has 1 aliphatic carbocycles. The van der Waals surface area contributed by atoms with Gasteiger partial charge in [0.25, 0.3) is 0 Å². The molecule has 1 aromatic carbocycles. The molecule has 0 fully saturated rings. The molecule has 1 aliphatic rings. The van der Waals surface area contributed by atoms with Gasteiger partial charge < -0.3 is 10.2 Å². The summed E-state index contributed by atoms with van der Waals surface area (Å²) in [4.78, 5) is 31.7. The Bertz CT molecular complexity index is 922. The van der Waals surface area contributed by atoms with Crippen molar-refractivity contribution >= 4 is 23.4 Å². The second-order valence-corrected chi connectivity index (χ2v) is 8.33. The molecule has 0 saturated heterocycles. The van der Waals surface area contributed by atoms with Crippen molar-refractivity contribution in [3.05, 3.63) is 51.6 Å². The first-order valence-corrected chi connectivity index (χ1v) is 11.3. The molecule has 0 atom stereocenters. The summed E-state index contributed by atoms with van der Waals surface area (Å²) in [5, 5.41) is 3.64. The van der Waals surface area contributed by atoms with Crippen LogP contribution in [0.1, 0.15) is 37.1 Å². The zero-order chi connectivity index (χ0) is 20.8. The van der Waals surface area contributed by atoms with Crippen LogP contribution in [0.2, 0.25) is 0 Å². The number of hydrogen-bond acceptors (Lipinski definition) is 5. The van der Waals surface area contributed by atoms with Crippen LogP contribution in [-0.4, -0.2) is 45.7 Å². The van der Waals surface area contributed by atoms with Crippen LogP contribution in [0.15, 0.2) is 34.1 Å². The highest BCUT2D eigenvalue weighted by Gasteiger charge is 2.22. The summed E-state index contributed by atoms with van der Waals surface area (Å²) < 4.78 is 1.84. The van der Waals surface area contributed by atoms with Gasteiger partial charge >= 0.3 is 5.69 Å². The smallest absolute Gasteiger partial charge is 0.325 e. The average molecular weight is 415 g/mol. The molecule has 0 bridgehead atoms. The van der Waals surface area contributed by atoms with E-state index in [1.165, 1.54) is 11.8 Å². The fraction of sp³-hybridized carbons (Fsp3) is 0.500. The third kappa shape index (κ3) is 5.48. The molecule has 0 saturated carbocycles. The van der Waals surface area contributed by atoms with Crippen molar-refractivity contribution in [3.8, 4) is 0 Å². The van der Waals surface area contributed by atoms with Crippen molar-refractivity contribution in [2.24, 2.45) is 0 Å². The van der Waals surface area contributed by atoms with Gasteiger partial charge in [0.1, 0.15) is 5.03 Å². The van der Waals surface area contributed by atoms with E-state index in [9.17, 15) is 9.59 Å². The number of anilines is 1. The Kier molecular flexibility index (Phi) is 7.50. The number of benzene rings is 1. The summed E-state index contributed by atoms with van der Waals surface area (Å²) >= 11 is 1.37. The number of amides is 1. The SMILES string of the molecule is CCN(CC)CCn1c2c(c(SCC(=O)Nc3cccc(C)c3)nc1=O)CCC2. The summed E-state index contributed by atoms with van der Waals surface area (Å²) in [5.41, 5.74) is 3.96. The highest BCUT2D eigenvalue weighted by Crippen LogP contribution is 2.29. The third-order valence-electron chi connectivity index (χ3n) is 5.38. The lowest BCUT2D eigenvalue weighted by atomic mass is 10.2. The lowest BCUT2D eigenvalue weighted by molar-refractivity contribution is -0.113. The maximum Gasteiger partial charge on any atom is 0.348 e. The van der Waals surface area contributed by atoms with Crippen LogP contribution >= 0.6 is 11.8 Å². The monoisotopic (exact) mass is 414 g/mol. The van der Waals surface area contributed by atoms with Crippen molar-refractivity contribution in [2.45, 2.75) is 51.6 Å². The van der Waals surface area contributed by atoms with E-state index in [4.69, 9.17) is 0 Å². The van der Waals surface area contributed by atoms with Gasteiger partial charge in [-0.15, -0.1) is 0 Å². The molecule has 6 nitrogen and oxygen atoms in total.